The van der Waals surface area contributed by atoms with Crippen molar-refractivity contribution < 1.29 is 28.4 Å². The fourth-order valence-electron chi connectivity index (χ4n) is 5.42. The number of Topliss-reactive ketones (excluding diaryl/α,β-unsaturated/α-hetero) is 1. The van der Waals surface area contributed by atoms with Gasteiger partial charge in [-0.1, -0.05) is 66.7 Å². The molecule has 8 heteroatoms. The normalized spacial score (nSPS) is 15.0. The number of morpholine rings is 1. The minimum atomic E-state index is -3.77. The largest absolute Gasteiger partial charge is 0.468 e. The van der Waals surface area contributed by atoms with Crippen LogP contribution in [0.1, 0.15) is 43.8 Å². The van der Waals surface area contributed by atoms with Gasteiger partial charge in [-0.05, 0) is 37.5 Å². The molecule has 1 saturated heterocycles. The smallest absolute Gasteiger partial charge is 0.323 e. The molecule has 1 unspecified atom stereocenters. The summed E-state index contributed by atoms with van der Waals surface area (Å²) in [4.78, 5) is 42.7. The lowest BCUT2D eigenvalue weighted by molar-refractivity contribution is -0.148. The molecule has 0 bridgehead atoms. The summed E-state index contributed by atoms with van der Waals surface area (Å²) < 4.78 is 25.2. The monoisotopic (exact) mass is 547 g/mol. The van der Waals surface area contributed by atoms with Gasteiger partial charge in [0.25, 0.3) is 0 Å². The molecular weight excluding hydrogens is 513 g/mol. The van der Waals surface area contributed by atoms with Crippen molar-refractivity contribution in [3.8, 4) is 0 Å². The number of rotatable bonds is 9. The van der Waals surface area contributed by atoms with Crippen molar-refractivity contribution in [2.45, 2.75) is 33.2 Å². The summed E-state index contributed by atoms with van der Waals surface area (Å²) in [5, 5.41) is 0.873. The van der Waals surface area contributed by atoms with Crippen LogP contribution in [0.4, 0.5) is 0 Å². The number of carbonyl (C=O) groups excluding carboxylic acids is 3. The Balaban J connectivity index is 1.80. The van der Waals surface area contributed by atoms with Crippen LogP contribution in [0.3, 0.4) is 0 Å². The third-order valence-corrected chi connectivity index (χ3v) is 10.2. The van der Waals surface area contributed by atoms with Crippen LogP contribution in [-0.2, 0) is 18.8 Å². The van der Waals surface area contributed by atoms with E-state index in [9.17, 15) is 18.9 Å². The maximum Gasteiger partial charge on any atom is 0.323 e. The van der Waals surface area contributed by atoms with Gasteiger partial charge in [0.15, 0.2) is 5.78 Å². The van der Waals surface area contributed by atoms with Crippen LogP contribution < -0.4 is 10.6 Å². The second-order valence-corrected chi connectivity index (χ2v) is 12.4. The quantitative estimate of drug-likeness (QED) is 0.225. The lowest BCUT2D eigenvalue weighted by Crippen LogP contribution is -2.48. The average molecular weight is 548 g/mol. The summed E-state index contributed by atoms with van der Waals surface area (Å²) in [5.74, 6) is -0.753. The first-order valence-corrected chi connectivity index (χ1v) is 14.7. The van der Waals surface area contributed by atoms with Gasteiger partial charge in [-0.3, -0.25) is 19.3 Å². The Morgan fingerprint density at radius 1 is 0.872 bits per heavy atom. The van der Waals surface area contributed by atoms with Gasteiger partial charge in [0.2, 0.25) is 12.7 Å². The van der Waals surface area contributed by atoms with Gasteiger partial charge in [-0.25, -0.2) is 0 Å². The molecule has 1 fully saturated rings. The maximum atomic E-state index is 14.8. The van der Waals surface area contributed by atoms with E-state index in [2.05, 4.69) is 0 Å². The highest BCUT2D eigenvalue weighted by Crippen LogP contribution is 2.48. The highest BCUT2D eigenvalue weighted by atomic mass is 31.2. The topological polar surface area (TPSA) is 90.0 Å². The Hall–Kier alpha value is -3.38. The Kier molecular flexibility index (Phi) is 8.96. The van der Waals surface area contributed by atoms with Crippen molar-refractivity contribution in [3.63, 3.8) is 0 Å². The number of hydrogen-bond acceptors (Lipinski definition) is 7. The van der Waals surface area contributed by atoms with Crippen LogP contribution in [0.15, 0.2) is 66.7 Å². The molecule has 4 rings (SSSR count). The van der Waals surface area contributed by atoms with Crippen LogP contribution in [0, 0.1) is 20.8 Å². The van der Waals surface area contributed by atoms with Crippen LogP contribution in [-0.4, -0.2) is 61.6 Å². The van der Waals surface area contributed by atoms with Gasteiger partial charge in [0, 0.05) is 41.2 Å². The molecule has 1 heterocycles. The molecule has 7 nitrogen and oxygen atoms in total. The summed E-state index contributed by atoms with van der Waals surface area (Å²) in [5.41, 5.74) is 1.96. The molecule has 1 atom stereocenters. The lowest BCUT2D eigenvalue weighted by Gasteiger charge is -2.32. The van der Waals surface area contributed by atoms with Crippen molar-refractivity contribution >= 4 is 35.0 Å². The summed E-state index contributed by atoms with van der Waals surface area (Å²) in [6.07, 6.45) is -0.0971. The summed E-state index contributed by atoms with van der Waals surface area (Å²) in [6.45, 7) is 7.31. The predicted octanol–water partition coefficient (Wildman–Crippen LogP) is 4.21. The van der Waals surface area contributed by atoms with Gasteiger partial charge in [0.05, 0.1) is 20.3 Å². The number of methoxy groups -OCH3 is 1. The van der Waals surface area contributed by atoms with E-state index in [4.69, 9.17) is 9.47 Å². The van der Waals surface area contributed by atoms with E-state index in [0.717, 1.165) is 0 Å². The number of ether oxygens (including phenoxy) is 2. The van der Waals surface area contributed by atoms with E-state index in [-0.39, 0.29) is 17.8 Å². The van der Waals surface area contributed by atoms with E-state index in [1.54, 1.807) is 68.4 Å². The molecule has 1 aliphatic heterocycles. The minimum Gasteiger partial charge on any atom is -0.468 e. The zero-order chi connectivity index (χ0) is 28.2. The summed E-state index contributed by atoms with van der Waals surface area (Å²) >= 11 is 0. The lowest BCUT2D eigenvalue weighted by atomic mass is 9.89. The van der Waals surface area contributed by atoms with Crippen molar-refractivity contribution in [2.24, 2.45) is 0 Å². The molecule has 3 aromatic carbocycles. The first-order chi connectivity index (χ1) is 18.7. The molecule has 204 valence electrons. The van der Waals surface area contributed by atoms with Crippen molar-refractivity contribution in [1.29, 1.82) is 0 Å². The molecule has 39 heavy (non-hydrogen) atoms. The third-order valence-electron chi connectivity index (χ3n) is 7.33. The van der Waals surface area contributed by atoms with Crippen molar-refractivity contribution in [3.05, 3.63) is 94.5 Å². The zero-order valence-electron chi connectivity index (χ0n) is 22.8. The van der Waals surface area contributed by atoms with Crippen molar-refractivity contribution in [2.75, 3.05) is 33.4 Å². The number of hydrogen-bond donors (Lipinski definition) is 0. The average Bonchev–Trinajstić information content (AvgIpc) is 2.96. The highest BCUT2D eigenvalue weighted by molar-refractivity contribution is 7.93. The Morgan fingerprint density at radius 2 is 1.38 bits per heavy atom. The molecule has 0 N–H and O–H groups in total. The number of carbonyl (C=O) groups is 3. The number of esters is 1. The van der Waals surface area contributed by atoms with Crippen LogP contribution >= 0.6 is 7.14 Å². The number of nitrogens with zero attached hydrogens (tertiary/aromatic N) is 1. The van der Waals surface area contributed by atoms with E-state index in [1.807, 2.05) is 24.0 Å². The Labute approximate surface area is 229 Å². The molecule has 0 amide bonds. The number of ketones is 1. The predicted molar refractivity (Wildman–Crippen MR) is 152 cm³/mol. The fraction of sp³-hybridized carbons (Fsp3) is 0.323. The molecule has 0 spiro atoms. The first kappa shape index (κ1) is 28.6. The molecule has 0 saturated carbocycles. The second-order valence-electron chi connectivity index (χ2n) is 9.79. The van der Waals surface area contributed by atoms with Crippen molar-refractivity contribution in [1.82, 2.24) is 4.90 Å². The molecular formula is C31H34NO6P. The molecule has 3 aromatic rings. The SMILES string of the molecule is COC(=O)C(CC(=O)c1c(C)cc(C)c(C(=O)P(=O)(c2ccccc2)c2ccccc2)c1C)N1CCOCC1. The van der Waals surface area contributed by atoms with Crippen LogP contribution in [0.2, 0.25) is 0 Å². The summed E-state index contributed by atoms with van der Waals surface area (Å²) in [7, 11) is -2.46. The van der Waals surface area contributed by atoms with E-state index in [0.29, 0.717) is 59.2 Å². The van der Waals surface area contributed by atoms with Crippen LogP contribution in [0.25, 0.3) is 0 Å². The minimum absolute atomic E-state index is 0.0971. The fourth-order valence-corrected chi connectivity index (χ4v) is 8.04. The molecule has 0 aliphatic carbocycles. The summed E-state index contributed by atoms with van der Waals surface area (Å²) in [6, 6.07) is 18.5. The van der Waals surface area contributed by atoms with E-state index in [1.165, 1.54) is 7.11 Å². The van der Waals surface area contributed by atoms with E-state index >= 15 is 0 Å². The van der Waals surface area contributed by atoms with Crippen LogP contribution in [0.5, 0.6) is 0 Å². The van der Waals surface area contributed by atoms with Gasteiger partial charge in [0.1, 0.15) is 6.04 Å². The third kappa shape index (κ3) is 5.67. The van der Waals surface area contributed by atoms with E-state index < -0.39 is 24.7 Å². The molecule has 1 aliphatic rings. The second kappa shape index (κ2) is 12.2. The van der Waals surface area contributed by atoms with Gasteiger partial charge in [-0.2, -0.15) is 0 Å². The standard InChI is InChI=1S/C31H34NO6P/c1-21-19-22(2)29(31(35)39(36,24-11-7-5-8-12-24)25-13-9-6-10-14-25)23(3)28(21)27(33)20-26(30(34)37-4)32-15-17-38-18-16-32/h5-14,19,26H,15-18,20H2,1-4H3. The number of benzene rings is 3. The highest BCUT2D eigenvalue weighted by Gasteiger charge is 2.39. The Bertz CT molecular complexity index is 1370. The maximum absolute atomic E-state index is 14.8. The number of aryl methyl sites for hydroxylation is 2. The van der Waals surface area contributed by atoms with Gasteiger partial charge in [-0.15, -0.1) is 0 Å². The first-order valence-electron chi connectivity index (χ1n) is 13.0. The zero-order valence-corrected chi connectivity index (χ0v) is 23.7. The molecule has 0 aromatic heterocycles. The van der Waals surface area contributed by atoms with Gasteiger partial charge < -0.3 is 14.0 Å². The molecule has 0 radical (unpaired) electrons. The van der Waals surface area contributed by atoms with Gasteiger partial charge >= 0.3 is 5.97 Å². The Morgan fingerprint density at radius 3 is 1.90 bits per heavy atom.